The van der Waals surface area contributed by atoms with Gasteiger partial charge < -0.3 is 15.0 Å². The van der Waals surface area contributed by atoms with Crippen LogP contribution >= 0.6 is 0 Å². The lowest BCUT2D eigenvalue weighted by Gasteiger charge is -2.35. The van der Waals surface area contributed by atoms with Crippen LogP contribution in [-0.2, 0) is 17.8 Å². The highest BCUT2D eigenvalue weighted by Crippen LogP contribution is 2.15. The van der Waals surface area contributed by atoms with Gasteiger partial charge in [-0.3, -0.25) is 14.3 Å². The molecule has 2 heterocycles. The van der Waals surface area contributed by atoms with Gasteiger partial charge in [0.1, 0.15) is 0 Å². The van der Waals surface area contributed by atoms with Gasteiger partial charge in [0, 0.05) is 36.5 Å². The van der Waals surface area contributed by atoms with E-state index in [4.69, 9.17) is 4.74 Å². The molecule has 34 heavy (non-hydrogen) atoms. The molecule has 0 aliphatic carbocycles. The van der Waals surface area contributed by atoms with Crippen molar-refractivity contribution in [1.82, 2.24) is 20.0 Å². The van der Waals surface area contributed by atoms with Crippen molar-refractivity contribution in [1.29, 1.82) is 0 Å². The molecular formula is C27H32N4O3. The van der Waals surface area contributed by atoms with Crippen molar-refractivity contribution in [3.63, 3.8) is 0 Å². The number of aryl methyl sites for hydroxylation is 2. The van der Waals surface area contributed by atoms with Gasteiger partial charge in [-0.1, -0.05) is 24.3 Å². The highest BCUT2D eigenvalue weighted by Gasteiger charge is 2.26. The van der Waals surface area contributed by atoms with Crippen LogP contribution in [0.2, 0.25) is 0 Å². The van der Waals surface area contributed by atoms with Crippen LogP contribution in [0.15, 0.2) is 54.6 Å². The molecule has 0 radical (unpaired) electrons. The predicted molar refractivity (Wildman–Crippen MR) is 131 cm³/mol. The zero-order chi connectivity index (χ0) is 24.2. The second-order valence-electron chi connectivity index (χ2n) is 9.13. The van der Waals surface area contributed by atoms with Crippen molar-refractivity contribution >= 4 is 11.8 Å². The van der Waals surface area contributed by atoms with E-state index >= 15 is 0 Å². The molecule has 1 saturated heterocycles. The summed E-state index contributed by atoms with van der Waals surface area (Å²) in [4.78, 5) is 27.4. The number of benzene rings is 2. The van der Waals surface area contributed by atoms with Crippen LogP contribution in [0.1, 0.15) is 57.1 Å². The Morgan fingerprint density at radius 3 is 2.32 bits per heavy atom. The Labute approximate surface area is 200 Å². The first-order valence-corrected chi connectivity index (χ1v) is 11.7. The lowest BCUT2D eigenvalue weighted by atomic mass is 10.1. The second kappa shape index (κ2) is 10.2. The SMILES string of the molecule is Cc1cc(C)n(Cc2cccc(C(=O)NCc3ccc(C(=O)N4CC(C)OC(C)C4)cc3)c2)n1. The Kier molecular flexibility index (Phi) is 7.12. The average molecular weight is 461 g/mol. The number of morpholine rings is 1. The molecule has 7 heteroatoms. The van der Waals surface area contributed by atoms with E-state index in [-0.39, 0.29) is 24.0 Å². The van der Waals surface area contributed by atoms with Crippen LogP contribution in [0.3, 0.4) is 0 Å². The van der Waals surface area contributed by atoms with E-state index in [1.807, 2.05) is 91.9 Å². The summed E-state index contributed by atoms with van der Waals surface area (Å²) in [5, 5.41) is 7.47. The molecule has 0 saturated carbocycles. The molecule has 2 aromatic carbocycles. The number of amides is 2. The van der Waals surface area contributed by atoms with E-state index in [1.54, 1.807) is 0 Å². The van der Waals surface area contributed by atoms with E-state index in [2.05, 4.69) is 10.4 Å². The fourth-order valence-electron chi connectivity index (χ4n) is 4.39. The Balaban J connectivity index is 1.34. The molecule has 2 atom stereocenters. The summed E-state index contributed by atoms with van der Waals surface area (Å²) < 4.78 is 7.66. The number of nitrogens with zero attached hydrogens (tertiary/aromatic N) is 3. The largest absolute Gasteiger partial charge is 0.372 e. The fraction of sp³-hybridized carbons (Fsp3) is 0.370. The molecule has 0 spiro atoms. The molecule has 7 nitrogen and oxygen atoms in total. The summed E-state index contributed by atoms with van der Waals surface area (Å²) in [6.45, 7) is 10.2. The maximum Gasteiger partial charge on any atom is 0.254 e. The molecule has 178 valence electrons. The van der Waals surface area contributed by atoms with Gasteiger partial charge in [-0.25, -0.2) is 0 Å². The zero-order valence-corrected chi connectivity index (χ0v) is 20.2. The molecule has 1 aliphatic rings. The lowest BCUT2D eigenvalue weighted by Crippen LogP contribution is -2.48. The van der Waals surface area contributed by atoms with Crippen LogP contribution in [0.5, 0.6) is 0 Å². The van der Waals surface area contributed by atoms with Crippen molar-refractivity contribution < 1.29 is 14.3 Å². The van der Waals surface area contributed by atoms with Crippen LogP contribution in [0, 0.1) is 13.8 Å². The van der Waals surface area contributed by atoms with Gasteiger partial charge in [0.05, 0.1) is 24.4 Å². The first-order chi connectivity index (χ1) is 16.3. The molecule has 3 aromatic rings. The topological polar surface area (TPSA) is 76.5 Å². The monoisotopic (exact) mass is 460 g/mol. The maximum absolute atomic E-state index is 12.8. The second-order valence-corrected chi connectivity index (χ2v) is 9.13. The summed E-state index contributed by atoms with van der Waals surface area (Å²) in [5.41, 5.74) is 5.29. The van der Waals surface area contributed by atoms with Crippen LogP contribution in [-0.4, -0.2) is 51.8 Å². The normalized spacial score (nSPS) is 18.1. The Bertz CT molecular complexity index is 1160. The highest BCUT2D eigenvalue weighted by atomic mass is 16.5. The van der Waals surface area contributed by atoms with Crippen molar-refractivity contribution in [3.8, 4) is 0 Å². The van der Waals surface area contributed by atoms with E-state index in [9.17, 15) is 9.59 Å². The first kappa shape index (κ1) is 23.7. The van der Waals surface area contributed by atoms with Gasteiger partial charge in [-0.2, -0.15) is 5.10 Å². The number of carbonyl (C=O) groups excluding carboxylic acids is 2. The number of rotatable bonds is 6. The van der Waals surface area contributed by atoms with Gasteiger partial charge in [-0.15, -0.1) is 0 Å². The van der Waals surface area contributed by atoms with Gasteiger partial charge in [0.15, 0.2) is 0 Å². The standard InChI is InChI=1S/C27H32N4O3/c1-18-12-19(2)31(29-18)17-23-6-5-7-25(13-23)26(32)28-14-22-8-10-24(11-9-22)27(33)30-15-20(3)34-21(4)16-30/h5-13,20-21H,14-17H2,1-4H3,(H,28,32). The van der Waals surface area contributed by atoms with Gasteiger partial charge in [0.2, 0.25) is 0 Å². The molecule has 1 N–H and O–H groups in total. The molecule has 2 unspecified atom stereocenters. The summed E-state index contributed by atoms with van der Waals surface area (Å²) in [7, 11) is 0. The Hall–Kier alpha value is -3.45. The Morgan fingerprint density at radius 2 is 1.68 bits per heavy atom. The minimum atomic E-state index is -0.133. The molecule has 2 amide bonds. The number of aromatic nitrogens is 2. The van der Waals surface area contributed by atoms with Crippen molar-refractivity contribution in [2.24, 2.45) is 0 Å². The van der Waals surface area contributed by atoms with Gasteiger partial charge >= 0.3 is 0 Å². The number of carbonyl (C=O) groups is 2. The van der Waals surface area contributed by atoms with Crippen molar-refractivity contribution in [2.45, 2.75) is 53.0 Å². The smallest absolute Gasteiger partial charge is 0.254 e. The molecule has 4 rings (SSSR count). The summed E-state index contributed by atoms with van der Waals surface area (Å²) in [6, 6.07) is 17.1. The zero-order valence-electron chi connectivity index (χ0n) is 20.2. The van der Waals surface area contributed by atoms with Gasteiger partial charge in [-0.05, 0) is 69.2 Å². The molecule has 1 aliphatic heterocycles. The third kappa shape index (κ3) is 5.72. The van der Waals surface area contributed by atoms with Gasteiger partial charge in [0.25, 0.3) is 11.8 Å². The predicted octanol–water partition coefficient (Wildman–Crippen LogP) is 3.73. The average Bonchev–Trinajstić information content (AvgIpc) is 3.13. The number of nitrogens with one attached hydrogen (secondary N) is 1. The molecule has 0 bridgehead atoms. The number of hydrogen-bond acceptors (Lipinski definition) is 4. The third-order valence-corrected chi connectivity index (χ3v) is 5.99. The number of ether oxygens (including phenoxy) is 1. The van der Waals surface area contributed by atoms with Crippen LogP contribution < -0.4 is 5.32 Å². The third-order valence-electron chi connectivity index (χ3n) is 5.99. The minimum Gasteiger partial charge on any atom is -0.372 e. The lowest BCUT2D eigenvalue weighted by molar-refractivity contribution is -0.0586. The number of hydrogen-bond donors (Lipinski definition) is 1. The maximum atomic E-state index is 12.8. The molecule has 1 aromatic heterocycles. The van der Waals surface area contributed by atoms with E-state index < -0.39 is 0 Å². The Morgan fingerprint density at radius 1 is 0.971 bits per heavy atom. The first-order valence-electron chi connectivity index (χ1n) is 11.7. The molecule has 1 fully saturated rings. The van der Waals surface area contributed by atoms with Crippen molar-refractivity contribution in [2.75, 3.05) is 13.1 Å². The van der Waals surface area contributed by atoms with E-state index in [0.717, 1.165) is 22.5 Å². The van der Waals surface area contributed by atoms with Crippen LogP contribution in [0.25, 0.3) is 0 Å². The van der Waals surface area contributed by atoms with Crippen LogP contribution in [0.4, 0.5) is 0 Å². The summed E-state index contributed by atoms with van der Waals surface area (Å²) >= 11 is 0. The minimum absolute atomic E-state index is 0.0111. The summed E-state index contributed by atoms with van der Waals surface area (Å²) in [6.07, 6.45) is 0.0711. The fourth-order valence-corrected chi connectivity index (χ4v) is 4.39. The highest BCUT2D eigenvalue weighted by molar-refractivity contribution is 5.95. The van der Waals surface area contributed by atoms with E-state index in [0.29, 0.717) is 37.3 Å². The van der Waals surface area contributed by atoms with E-state index in [1.165, 1.54) is 0 Å². The van der Waals surface area contributed by atoms with Crippen molar-refractivity contribution in [3.05, 3.63) is 88.2 Å². The summed E-state index contributed by atoms with van der Waals surface area (Å²) in [5.74, 6) is -0.122. The molecular weight excluding hydrogens is 428 g/mol. The quantitative estimate of drug-likeness (QED) is 0.608.